The molecule has 0 unspecified atom stereocenters. The normalized spacial score (nSPS) is 17.9. The molecule has 1 heterocycles. The van der Waals surface area contributed by atoms with E-state index in [0.717, 1.165) is 12.8 Å². The van der Waals surface area contributed by atoms with Crippen molar-refractivity contribution in [1.29, 1.82) is 5.26 Å². The highest BCUT2D eigenvalue weighted by molar-refractivity contribution is 7.13. The molecule has 5 nitrogen and oxygen atoms in total. The topological polar surface area (TPSA) is 86.0 Å². The van der Waals surface area contributed by atoms with Crippen LogP contribution in [0.3, 0.4) is 0 Å². The Morgan fingerprint density at radius 2 is 2.31 bits per heavy atom. The third-order valence-corrected chi connectivity index (χ3v) is 3.59. The van der Waals surface area contributed by atoms with E-state index in [1.807, 2.05) is 6.07 Å². The van der Waals surface area contributed by atoms with Crippen LogP contribution in [0, 0.1) is 11.3 Å². The fourth-order valence-corrected chi connectivity index (χ4v) is 2.69. The van der Waals surface area contributed by atoms with Crippen molar-refractivity contribution in [2.75, 3.05) is 5.32 Å². The minimum atomic E-state index is -0.884. The van der Waals surface area contributed by atoms with E-state index in [9.17, 15) is 9.90 Å². The number of nitriles is 1. The van der Waals surface area contributed by atoms with E-state index in [-0.39, 0.29) is 0 Å². The largest absolute Gasteiger partial charge is 0.480 e. The van der Waals surface area contributed by atoms with Crippen molar-refractivity contribution in [1.82, 2.24) is 4.98 Å². The van der Waals surface area contributed by atoms with Gasteiger partial charge in [0.2, 0.25) is 0 Å². The van der Waals surface area contributed by atoms with Gasteiger partial charge in [0.15, 0.2) is 10.8 Å². The van der Waals surface area contributed by atoms with E-state index in [0.29, 0.717) is 23.7 Å². The van der Waals surface area contributed by atoms with Gasteiger partial charge in [-0.3, -0.25) is 0 Å². The predicted octanol–water partition coefficient (Wildman–Crippen LogP) is 1.82. The van der Waals surface area contributed by atoms with Crippen molar-refractivity contribution in [3.8, 4) is 6.07 Å². The monoisotopic (exact) mass is 237 g/mol. The Morgan fingerprint density at radius 1 is 1.62 bits per heavy atom. The highest BCUT2D eigenvalue weighted by Crippen LogP contribution is 2.34. The molecule has 6 heteroatoms. The van der Waals surface area contributed by atoms with Gasteiger partial charge in [0, 0.05) is 5.38 Å². The molecule has 2 N–H and O–H groups in total. The number of aliphatic carboxylic acids is 1. The van der Waals surface area contributed by atoms with Gasteiger partial charge in [-0.15, -0.1) is 11.3 Å². The molecule has 0 amide bonds. The molecule has 0 radical (unpaired) electrons. The molecular weight excluding hydrogens is 226 g/mol. The summed E-state index contributed by atoms with van der Waals surface area (Å²) in [4.78, 5) is 15.3. The van der Waals surface area contributed by atoms with Gasteiger partial charge in [0.05, 0.1) is 0 Å². The van der Waals surface area contributed by atoms with Gasteiger partial charge in [-0.05, 0) is 12.8 Å². The number of anilines is 1. The first-order valence-electron chi connectivity index (χ1n) is 5.03. The van der Waals surface area contributed by atoms with E-state index in [4.69, 9.17) is 5.26 Å². The van der Waals surface area contributed by atoms with Gasteiger partial charge >= 0.3 is 5.97 Å². The number of hydrogen-bond acceptors (Lipinski definition) is 5. The lowest BCUT2D eigenvalue weighted by Crippen LogP contribution is -2.43. The lowest BCUT2D eigenvalue weighted by atomic mass is 9.98. The number of thiazole rings is 1. The first kappa shape index (κ1) is 10.9. The molecule has 0 aliphatic heterocycles. The Bertz CT molecular complexity index is 443. The lowest BCUT2D eigenvalue weighted by molar-refractivity contribution is -0.142. The summed E-state index contributed by atoms with van der Waals surface area (Å²) in [6.45, 7) is 0. The average Bonchev–Trinajstić information content (AvgIpc) is 2.88. The Labute approximate surface area is 96.7 Å². The van der Waals surface area contributed by atoms with Crippen LogP contribution in [0.1, 0.15) is 31.4 Å². The number of carboxylic acids is 1. The maximum Gasteiger partial charge on any atom is 0.329 e. The molecule has 1 aliphatic carbocycles. The van der Waals surface area contributed by atoms with Crippen LogP contribution >= 0.6 is 11.3 Å². The van der Waals surface area contributed by atoms with E-state index in [2.05, 4.69) is 10.3 Å². The van der Waals surface area contributed by atoms with Crippen molar-refractivity contribution < 1.29 is 9.90 Å². The smallest absolute Gasteiger partial charge is 0.329 e. The highest BCUT2D eigenvalue weighted by atomic mass is 32.1. The summed E-state index contributed by atoms with van der Waals surface area (Å²) in [5.41, 5.74) is -0.559. The molecule has 0 aromatic carbocycles. The number of carboxylic acid groups (broad SMARTS) is 1. The maximum atomic E-state index is 11.3. The third-order valence-electron chi connectivity index (χ3n) is 2.83. The number of nitrogens with zero attached hydrogens (tertiary/aromatic N) is 2. The summed E-state index contributed by atoms with van der Waals surface area (Å²) in [6, 6.07) is 1.93. The third kappa shape index (κ3) is 1.86. The fraction of sp³-hybridized carbons (Fsp3) is 0.500. The zero-order valence-electron chi connectivity index (χ0n) is 8.56. The zero-order valence-corrected chi connectivity index (χ0v) is 9.38. The highest BCUT2D eigenvalue weighted by Gasteiger charge is 2.41. The number of hydrogen-bond donors (Lipinski definition) is 2. The van der Waals surface area contributed by atoms with Gasteiger partial charge in [0.1, 0.15) is 11.6 Å². The van der Waals surface area contributed by atoms with E-state index < -0.39 is 11.5 Å². The molecule has 0 saturated heterocycles. The second-order valence-corrected chi connectivity index (χ2v) is 4.73. The maximum absolute atomic E-state index is 11.3. The van der Waals surface area contributed by atoms with Gasteiger partial charge in [0.25, 0.3) is 0 Å². The van der Waals surface area contributed by atoms with Gasteiger partial charge < -0.3 is 10.4 Å². The molecule has 0 atom stereocenters. The molecule has 2 rings (SSSR count). The van der Waals surface area contributed by atoms with Crippen molar-refractivity contribution in [2.45, 2.75) is 31.2 Å². The van der Waals surface area contributed by atoms with Crippen LogP contribution in [0.4, 0.5) is 5.13 Å². The predicted molar refractivity (Wildman–Crippen MR) is 59.3 cm³/mol. The fourth-order valence-electron chi connectivity index (χ4n) is 1.96. The summed E-state index contributed by atoms with van der Waals surface area (Å²) < 4.78 is 0. The van der Waals surface area contributed by atoms with Crippen LogP contribution in [0.2, 0.25) is 0 Å². The molecule has 1 aromatic heterocycles. The van der Waals surface area contributed by atoms with Crippen molar-refractivity contribution >= 4 is 22.4 Å². The van der Waals surface area contributed by atoms with Gasteiger partial charge in [-0.25, -0.2) is 9.78 Å². The first-order chi connectivity index (χ1) is 7.66. The quantitative estimate of drug-likeness (QED) is 0.837. The number of carbonyl (C=O) groups is 1. The molecule has 1 saturated carbocycles. The first-order valence-corrected chi connectivity index (χ1v) is 5.91. The second-order valence-electron chi connectivity index (χ2n) is 3.87. The summed E-state index contributed by atoms with van der Waals surface area (Å²) in [6.07, 6.45) is 3.05. The molecule has 84 valence electrons. The number of nitrogens with one attached hydrogen (secondary N) is 1. The molecular formula is C10H11N3O2S. The molecule has 16 heavy (non-hydrogen) atoms. The van der Waals surface area contributed by atoms with E-state index >= 15 is 0 Å². The van der Waals surface area contributed by atoms with Crippen LogP contribution < -0.4 is 5.32 Å². The summed E-state index contributed by atoms with van der Waals surface area (Å²) >= 11 is 1.27. The van der Waals surface area contributed by atoms with E-state index in [1.165, 1.54) is 11.3 Å². The van der Waals surface area contributed by atoms with E-state index in [1.54, 1.807) is 5.38 Å². The van der Waals surface area contributed by atoms with Crippen LogP contribution in [0.15, 0.2) is 5.38 Å². The van der Waals surface area contributed by atoms with Crippen LogP contribution in [-0.2, 0) is 4.79 Å². The molecule has 1 aromatic rings. The van der Waals surface area contributed by atoms with Gasteiger partial charge in [-0.1, -0.05) is 12.8 Å². The molecule has 0 bridgehead atoms. The SMILES string of the molecule is N#Cc1csc(NC2(C(=O)O)CCCC2)n1. The Balaban J connectivity index is 2.18. The van der Waals surface area contributed by atoms with Crippen LogP contribution in [-0.4, -0.2) is 21.6 Å². The van der Waals surface area contributed by atoms with Crippen molar-refractivity contribution in [2.24, 2.45) is 0 Å². The van der Waals surface area contributed by atoms with Crippen LogP contribution in [0.5, 0.6) is 0 Å². The summed E-state index contributed by atoms with van der Waals surface area (Å²) in [7, 11) is 0. The Morgan fingerprint density at radius 3 is 2.81 bits per heavy atom. The van der Waals surface area contributed by atoms with Crippen molar-refractivity contribution in [3.05, 3.63) is 11.1 Å². The summed E-state index contributed by atoms with van der Waals surface area (Å²) in [5, 5.41) is 23.0. The Hall–Kier alpha value is -1.61. The zero-order chi connectivity index (χ0) is 11.6. The number of rotatable bonds is 3. The van der Waals surface area contributed by atoms with Crippen molar-refractivity contribution in [3.63, 3.8) is 0 Å². The molecule has 0 spiro atoms. The van der Waals surface area contributed by atoms with Gasteiger partial charge in [-0.2, -0.15) is 5.26 Å². The van der Waals surface area contributed by atoms with Crippen LogP contribution in [0.25, 0.3) is 0 Å². The standard InChI is InChI=1S/C10H11N3O2S/c11-5-7-6-16-9(12-7)13-10(8(14)15)3-1-2-4-10/h6H,1-4H2,(H,12,13)(H,14,15). The average molecular weight is 237 g/mol. The minimum absolute atomic E-state index is 0.325. The lowest BCUT2D eigenvalue weighted by Gasteiger charge is -2.24. The Kier molecular flexibility index (Phi) is 2.79. The molecule has 1 fully saturated rings. The summed E-state index contributed by atoms with van der Waals surface area (Å²) in [5.74, 6) is -0.835. The second kappa shape index (κ2) is 4.10. The molecule has 1 aliphatic rings. The minimum Gasteiger partial charge on any atom is -0.480 e. The number of aromatic nitrogens is 1.